The molecule has 2 N–H and O–H groups in total. The van der Waals surface area contributed by atoms with Gasteiger partial charge in [-0.25, -0.2) is 0 Å². The van der Waals surface area contributed by atoms with Gasteiger partial charge < -0.3 is 19.4 Å². The number of hydrogen-bond donors (Lipinski definition) is 2. The van der Waals surface area contributed by atoms with Gasteiger partial charge in [0.15, 0.2) is 5.78 Å². The number of ether oxygens (including phenoxy) is 1. The van der Waals surface area contributed by atoms with Crippen molar-refractivity contribution in [3.63, 3.8) is 0 Å². The third-order valence-electron chi connectivity index (χ3n) is 9.93. The normalized spacial score (nSPS) is 47.8. The molecule has 6 heteroatoms. The first-order chi connectivity index (χ1) is 15.9. The van der Waals surface area contributed by atoms with E-state index in [-0.39, 0.29) is 29.5 Å². The van der Waals surface area contributed by atoms with E-state index in [1.807, 2.05) is 18.4 Å². The van der Waals surface area contributed by atoms with Crippen LogP contribution in [0.1, 0.15) is 71.8 Å². The number of esters is 1. The minimum absolute atomic E-state index is 0.0335. The van der Waals surface area contributed by atoms with Crippen LogP contribution >= 0.6 is 0 Å². The molecular formula is C28H36O6. The smallest absolute Gasteiger partial charge is 0.303 e. The van der Waals surface area contributed by atoms with Crippen molar-refractivity contribution < 1.29 is 29.0 Å². The van der Waals surface area contributed by atoms with E-state index in [1.165, 1.54) is 12.5 Å². The summed E-state index contributed by atoms with van der Waals surface area (Å²) in [4.78, 5) is 24.9. The number of ketones is 1. The summed E-state index contributed by atoms with van der Waals surface area (Å²) in [5.74, 6) is -1.05. The number of carbonyl (C=O) groups excluding carboxylic acids is 2. The van der Waals surface area contributed by atoms with Crippen LogP contribution in [-0.4, -0.2) is 39.8 Å². The van der Waals surface area contributed by atoms with E-state index in [4.69, 9.17) is 9.15 Å². The number of furan rings is 1. The fourth-order valence-electron chi connectivity index (χ4n) is 8.82. The van der Waals surface area contributed by atoms with Crippen molar-refractivity contribution in [2.24, 2.45) is 28.1 Å². The third kappa shape index (κ3) is 3.00. The Balaban J connectivity index is 1.69. The Morgan fingerprint density at radius 3 is 2.62 bits per heavy atom. The fourth-order valence-corrected chi connectivity index (χ4v) is 8.82. The van der Waals surface area contributed by atoms with Gasteiger partial charge in [-0.3, -0.25) is 9.59 Å². The van der Waals surface area contributed by atoms with Crippen molar-refractivity contribution in [1.29, 1.82) is 0 Å². The monoisotopic (exact) mass is 468 g/mol. The highest BCUT2D eigenvalue weighted by molar-refractivity contribution is 5.91. The number of carbonyl (C=O) groups is 2. The summed E-state index contributed by atoms with van der Waals surface area (Å²) in [6, 6.07) is 2.02. The van der Waals surface area contributed by atoms with Crippen LogP contribution in [0.2, 0.25) is 0 Å². The number of hydrogen-bond acceptors (Lipinski definition) is 6. The average molecular weight is 469 g/mol. The summed E-state index contributed by atoms with van der Waals surface area (Å²) < 4.78 is 11.3. The molecule has 4 aliphatic carbocycles. The van der Waals surface area contributed by atoms with Crippen LogP contribution in [-0.2, 0) is 14.3 Å². The summed E-state index contributed by atoms with van der Waals surface area (Å²) >= 11 is 0. The molecule has 0 amide bonds. The predicted molar refractivity (Wildman–Crippen MR) is 126 cm³/mol. The lowest BCUT2D eigenvalue weighted by atomic mass is 9.40. The molecule has 0 spiro atoms. The van der Waals surface area contributed by atoms with Gasteiger partial charge in [0, 0.05) is 24.7 Å². The van der Waals surface area contributed by atoms with Crippen molar-refractivity contribution in [3.8, 4) is 0 Å². The first kappa shape index (κ1) is 23.6. The molecule has 0 aromatic carbocycles. The van der Waals surface area contributed by atoms with Crippen LogP contribution in [0.5, 0.6) is 0 Å². The maximum atomic E-state index is 12.6. The Morgan fingerprint density at radius 2 is 1.97 bits per heavy atom. The molecule has 0 aliphatic heterocycles. The number of rotatable bonds is 2. The Bertz CT molecular complexity index is 1070. The van der Waals surface area contributed by atoms with Crippen LogP contribution in [0.4, 0.5) is 0 Å². The molecule has 1 aromatic rings. The van der Waals surface area contributed by atoms with Crippen molar-refractivity contribution in [1.82, 2.24) is 0 Å². The topological polar surface area (TPSA) is 97.0 Å². The number of fused-ring (bicyclic) bond motifs is 5. The Kier molecular flexibility index (Phi) is 5.13. The van der Waals surface area contributed by atoms with Gasteiger partial charge in [0.2, 0.25) is 0 Å². The number of aliphatic hydroxyl groups excluding tert-OH is 1. The van der Waals surface area contributed by atoms with Crippen molar-refractivity contribution >= 4 is 11.8 Å². The summed E-state index contributed by atoms with van der Waals surface area (Å²) in [5, 5.41) is 23.4. The molecule has 4 aliphatic rings. The van der Waals surface area contributed by atoms with E-state index < -0.39 is 40.5 Å². The molecule has 34 heavy (non-hydrogen) atoms. The maximum absolute atomic E-state index is 12.6. The quantitative estimate of drug-likeness (QED) is 0.496. The van der Waals surface area contributed by atoms with Crippen LogP contribution in [0, 0.1) is 28.1 Å². The second-order valence-corrected chi connectivity index (χ2v) is 12.0. The van der Waals surface area contributed by atoms with Gasteiger partial charge in [0.1, 0.15) is 6.10 Å². The van der Waals surface area contributed by atoms with E-state index in [0.717, 1.165) is 24.8 Å². The van der Waals surface area contributed by atoms with Crippen LogP contribution in [0.15, 0.2) is 46.8 Å². The molecule has 0 unspecified atom stereocenters. The molecule has 0 radical (unpaired) electrons. The van der Waals surface area contributed by atoms with Crippen LogP contribution in [0.3, 0.4) is 0 Å². The third-order valence-corrected chi connectivity index (χ3v) is 9.93. The fraction of sp³-hybridized carbons (Fsp3) is 0.643. The highest BCUT2D eigenvalue weighted by atomic mass is 16.6. The molecule has 6 nitrogen and oxygen atoms in total. The lowest BCUT2D eigenvalue weighted by Crippen LogP contribution is -2.69. The first-order valence-corrected chi connectivity index (χ1v) is 12.4. The zero-order valence-corrected chi connectivity index (χ0v) is 20.7. The molecule has 9 atom stereocenters. The van der Waals surface area contributed by atoms with Gasteiger partial charge in [-0.1, -0.05) is 38.5 Å². The standard InChI is InChI=1S/C28H36O6/c1-16(29)34-24-22(31)23-26(3,11-8-18(30)14-27(23,4)32)21-9-12-25(2)19(17-10-13-33-15-17)6-7-20(25)28(21,24)5/h7-8,10-11,13,15,19,21-24,31-32H,6,9,12,14H2,1-5H3/t19-,21-,22+,23+,24+,25-,26+,27+,28-/m0/s1. The van der Waals surface area contributed by atoms with E-state index in [1.54, 1.807) is 19.3 Å². The molecule has 0 bridgehead atoms. The zero-order valence-electron chi connectivity index (χ0n) is 20.7. The lowest BCUT2D eigenvalue weighted by Gasteiger charge is -2.66. The maximum Gasteiger partial charge on any atom is 0.303 e. The van der Waals surface area contributed by atoms with Crippen molar-refractivity contribution in [2.75, 3.05) is 0 Å². The average Bonchev–Trinajstić information content (AvgIpc) is 3.34. The SMILES string of the molecule is CC(=O)O[C@@H]1[C@H](O)[C@@H]2[C@](C)(C=CC(=O)C[C@@]2(C)O)[C@@H]2CC[C@]3(C)C(=CC[C@H]3c3ccoc3)[C@]12C. The molecule has 5 rings (SSSR count). The predicted octanol–water partition coefficient (Wildman–Crippen LogP) is 4.32. The van der Waals surface area contributed by atoms with Crippen LogP contribution in [0.25, 0.3) is 0 Å². The largest absolute Gasteiger partial charge is 0.472 e. The molecule has 0 saturated heterocycles. The summed E-state index contributed by atoms with van der Waals surface area (Å²) in [6.45, 7) is 9.45. The summed E-state index contributed by atoms with van der Waals surface area (Å²) in [7, 11) is 0. The molecule has 2 saturated carbocycles. The second kappa shape index (κ2) is 7.41. The van der Waals surface area contributed by atoms with Crippen LogP contribution < -0.4 is 0 Å². The molecule has 2 fully saturated rings. The van der Waals surface area contributed by atoms with Crippen molar-refractivity contribution in [3.05, 3.63) is 48.0 Å². The number of allylic oxidation sites excluding steroid dienone is 3. The summed E-state index contributed by atoms with van der Waals surface area (Å²) in [6.07, 6.45) is 9.87. The zero-order chi connectivity index (χ0) is 24.7. The molecule has 184 valence electrons. The van der Waals surface area contributed by atoms with Gasteiger partial charge in [0.05, 0.1) is 24.2 Å². The molecular weight excluding hydrogens is 432 g/mol. The number of aliphatic hydroxyl groups is 2. The van der Waals surface area contributed by atoms with Gasteiger partial charge >= 0.3 is 5.97 Å². The Hall–Kier alpha value is -2.18. The van der Waals surface area contributed by atoms with E-state index in [9.17, 15) is 19.8 Å². The Labute approximate surface area is 201 Å². The summed E-state index contributed by atoms with van der Waals surface area (Å²) in [5.41, 5.74) is -0.562. The van der Waals surface area contributed by atoms with Gasteiger partial charge in [0.25, 0.3) is 0 Å². The van der Waals surface area contributed by atoms with E-state index in [0.29, 0.717) is 0 Å². The van der Waals surface area contributed by atoms with Gasteiger partial charge in [-0.15, -0.1) is 0 Å². The Morgan fingerprint density at radius 1 is 1.24 bits per heavy atom. The van der Waals surface area contributed by atoms with E-state index in [2.05, 4.69) is 26.8 Å². The van der Waals surface area contributed by atoms with Gasteiger partial charge in [-0.2, -0.15) is 0 Å². The first-order valence-electron chi connectivity index (χ1n) is 12.4. The lowest BCUT2D eigenvalue weighted by molar-refractivity contribution is -0.240. The molecule has 1 heterocycles. The van der Waals surface area contributed by atoms with Gasteiger partial charge in [-0.05, 0) is 66.6 Å². The highest BCUT2D eigenvalue weighted by Crippen LogP contribution is 2.72. The minimum Gasteiger partial charge on any atom is -0.472 e. The highest BCUT2D eigenvalue weighted by Gasteiger charge is 2.71. The van der Waals surface area contributed by atoms with E-state index >= 15 is 0 Å². The second-order valence-electron chi connectivity index (χ2n) is 12.0. The van der Waals surface area contributed by atoms with Crippen molar-refractivity contribution in [2.45, 2.75) is 84.0 Å². The minimum atomic E-state index is -1.43. The molecule has 1 aromatic heterocycles.